The first-order valence-corrected chi connectivity index (χ1v) is 7.47. The standard InChI is InChI=1S/C18H19NO/c1-2-4-17(15(3-1)12-19-16-6-7-16)13-5-8-18-14(11-13)9-10-20-18/h1-5,8,11,16,19H,6-7,9-10,12H2. The maximum absolute atomic E-state index is 5.59. The first-order valence-electron chi connectivity index (χ1n) is 7.47. The highest BCUT2D eigenvalue weighted by Crippen LogP contribution is 2.32. The van der Waals surface area contributed by atoms with E-state index in [2.05, 4.69) is 47.8 Å². The summed E-state index contributed by atoms with van der Waals surface area (Å²) in [4.78, 5) is 0. The lowest BCUT2D eigenvalue weighted by Gasteiger charge is -2.11. The van der Waals surface area contributed by atoms with Crippen molar-refractivity contribution >= 4 is 0 Å². The van der Waals surface area contributed by atoms with Gasteiger partial charge in [0.1, 0.15) is 5.75 Å². The number of nitrogens with one attached hydrogen (secondary N) is 1. The van der Waals surface area contributed by atoms with Gasteiger partial charge in [-0.1, -0.05) is 30.3 Å². The first-order chi connectivity index (χ1) is 9.90. The van der Waals surface area contributed by atoms with E-state index in [0.717, 1.165) is 31.4 Å². The SMILES string of the molecule is c1ccc(-c2ccc3c(c2)CCO3)c(CNC2CC2)c1. The molecule has 1 saturated carbocycles. The molecule has 0 saturated heterocycles. The summed E-state index contributed by atoms with van der Waals surface area (Å²) >= 11 is 0. The van der Waals surface area contributed by atoms with E-state index < -0.39 is 0 Å². The predicted molar refractivity (Wildman–Crippen MR) is 80.9 cm³/mol. The predicted octanol–water partition coefficient (Wildman–Crippen LogP) is 3.54. The molecular weight excluding hydrogens is 246 g/mol. The molecule has 1 aliphatic heterocycles. The minimum absolute atomic E-state index is 0.747. The molecule has 0 amide bonds. The van der Waals surface area contributed by atoms with Crippen LogP contribution in [0.1, 0.15) is 24.0 Å². The summed E-state index contributed by atoms with van der Waals surface area (Å²) < 4.78 is 5.59. The van der Waals surface area contributed by atoms with Gasteiger partial charge in [0.15, 0.2) is 0 Å². The van der Waals surface area contributed by atoms with E-state index in [1.165, 1.54) is 35.1 Å². The summed E-state index contributed by atoms with van der Waals surface area (Å²) in [5.41, 5.74) is 5.38. The van der Waals surface area contributed by atoms with Gasteiger partial charge in [0.2, 0.25) is 0 Å². The van der Waals surface area contributed by atoms with Crippen molar-refractivity contribution in [2.45, 2.75) is 31.8 Å². The third kappa shape index (κ3) is 2.32. The Morgan fingerprint density at radius 1 is 1.10 bits per heavy atom. The highest BCUT2D eigenvalue weighted by atomic mass is 16.5. The smallest absolute Gasteiger partial charge is 0.122 e. The van der Waals surface area contributed by atoms with Gasteiger partial charge in [-0.25, -0.2) is 0 Å². The molecule has 0 radical (unpaired) electrons. The van der Waals surface area contributed by atoms with E-state index in [0.29, 0.717) is 0 Å². The lowest BCUT2D eigenvalue weighted by molar-refractivity contribution is 0.357. The van der Waals surface area contributed by atoms with Gasteiger partial charge >= 0.3 is 0 Å². The van der Waals surface area contributed by atoms with Crippen LogP contribution >= 0.6 is 0 Å². The molecule has 2 heteroatoms. The van der Waals surface area contributed by atoms with Crippen LogP contribution in [0.3, 0.4) is 0 Å². The monoisotopic (exact) mass is 265 g/mol. The lowest BCUT2D eigenvalue weighted by atomic mass is 9.97. The summed E-state index contributed by atoms with van der Waals surface area (Å²) in [5, 5.41) is 3.61. The van der Waals surface area contributed by atoms with E-state index in [1.807, 2.05) is 0 Å². The Kier molecular flexibility index (Phi) is 2.96. The topological polar surface area (TPSA) is 21.3 Å². The van der Waals surface area contributed by atoms with Crippen LogP contribution in [0.15, 0.2) is 42.5 Å². The molecule has 20 heavy (non-hydrogen) atoms. The number of hydrogen-bond donors (Lipinski definition) is 1. The number of fused-ring (bicyclic) bond motifs is 1. The van der Waals surface area contributed by atoms with Gasteiger partial charge in [0, 0.05) is 19.0 Å². The van der Waals surface area contributed by atoms with Gasteiger partial charge < -0.3 is 10.1 Å². The lowest BCUT2D eigenvalue weighted by Crippen LogP contribution is -2.15. The fourth-order valence-corrected chi connectivity index (χ4v) is 2.85. The Balaban J connectivity index is 1.66. The number of benzene rings is 2. The summed E-state index contributed by atoms with van der Waals surface area (Å²) in [6, 6.07) is 16.0. The van der Waals surface area contributed by atoms with Crippen LogP contribution in [0.25, 0.3) is 11.1 Å². The quantitative estimate of drug-likeness (QED) is 0.913. The molecule has 1 aliphatic carbocycles. The maximum atomic E-state index is 5.59. The first kappa shape index (κ1) is 12.0. The molecule has 1 N–H and O–H groups in total. The molecule has 0 atom stereocenters. The van der Waals surface area contributed by atoms with Gasteiger partial charge in [0.05, 0.1) is 6.61 Å². The molecule has 1 heterocycles. The summed E-state index contributed by atoms with van der Waals surface area (Å²) in [6.45, 7) is 1.79. The molecule has 2 aromatic rings. The normalized spacial score (nSPS) is 16.8. The summed E-state index contributed by atoms with van der Waals surface area (Å²) in [6.07, 6.45) is 3.70. The van der Waals surface area contributed by atoms with Gasteiger partial charge in [-0.3, -0.25) is 0 Å². The average molecular weight is 265 g/mol. The Morgan fingerprint density at radius 2 is 2.00 bits per heavy atom. The van der Waals surface area contributed by atoms with Crippen LogP contribution in [-0.2, 0) is 13.0 Å². The van der Waals surface area contributed by atoms with Crippen LogP contribution in [0.2, 0.25) is 0 Å². The van der Waals surface area contributed by atoms with E-state index >= 15 is 0 Å². The number of hydrogen-bond acceptors (Lipinski definition) is 2. The maximum Gasteiger partial charge on any atom is 0.122 e. The van der Waals surface area contributed by atoms with Crippen LogP contribution in [-0.4, -0.2) is 12.6 Å². The average Bonchev–Trinajstić information content (AvgIpc) is 3.20. The molecule has 102 valence electrons. The van der Waals surface area contributed by atoms with Crippen molar-refractivity contribution in [3.8, 4) is 16.9 Å². The van der Waals surface area contributed by atoms with Crippen molar-refractivity contribution in [1.29, 1.82) is 0 Å². The van der Waals surface area contributed by atoms with Crippen LogP contribution in [0.5, 0.6) is 5.75 Å². The van der Waals surface area contributed by atoms with Crippen molar-refractivity contribution in [2.75, 3.05) is 6.61 Å². The molecule has 0 aromatic heterocycles. The van der Waals surface area contributed by atoms with E-state index in [1.54, 1.807) is 0 Å². The molecule has 0 bridgehead atoms. The van der Waals surface area contributed by atoms with Gasteiger partial charge in [-0.15, -0.1) is 0 Å². The minimum atomic E-state index is 0.747. The largest absolute Gasteiger partial charge is 0.493 e. The Labute approximate surface area is 119 Å². The fraction of sp³-hybridized carbons (Fsp3) is 0.333. The zero-order chi connectivity index (χ0) is 13.4. The van der Waals surface area contributed by atoms with Gasteiger partial charge in [0.25, 0.3) is 0 Å². The second kappa shape index (κ2) is 4.95. The van der Waals surface area contributed by atoms with Crippen LogP contribution in [0.4, 0.5) is 0 Å². The molecule has 4 rings (SSSR count). The van der Waals surface area contributed by atoms with Crippen LogP contribution < -0.4 is 10.1 Å². The highest BCUT2D eigenvalue weighted by molar-refractivity contribution is 5.69. The van der Waals surface area contributed by atoms with Crippen molar-refractivity contribution in [2.24, 2.45) is 0 Å². The van der Waals surface area contributed by atoms with Crippen molar-refractivity contribution in [1.82, 2.24) is 5.32 Å². The molecule has 2 aliphatic rings. The van der Waals surface area contributed by atoms with Gasteiger partial charge in [-0.2, -0.15) is 0 Å². The second-order valence-electron chi connectivity index (χ2n) is 5.73. The van der Waals surface area contributed by atoms with Crippen LogP contribution in [0, 0.1) is 0 Å². The minimum Gasteiger partial charge on any atom is -0.493 e. The van der Waals surface area contributed by atoms with Gasteiger partial charge in [-0.05, 0) is 47.2 Å². The number of ether oxygens (including phenoxy) is 1. The molecule has 2 aromatic carbocycles. The van der Waals surface area contributed by atoms with Crippen molar-refractivity contribution in [3.63, 3.8) is 0 Å². The highest BCUT2D eigenvalue weighted by Gasteiger charge is 2.20. The Hall–Kier alpha value is -1.80. The Morgan fingerprint density at radius 3 is 2.90 bits per heavy atom. The van der Waals surface area contributed by atoms with Crippen molar-refractivity contribution < 1.29 is 4.74 Å². The van der Waals surface area contributed by atoms with E-state index in [9.17, 15) is 0 Å². The Bertz CT molecular complexity index is 631. The second-order valence-corrected chi connectivity index (χ2v) is 5.73. The molecule has 0 unspecified atom stereocenters. The van der Waals surface area contributed by atoms with E-state index in [-0.39, 0.29) is 0 Å². The van der Waals surface area contributed by atoms with E-state index in [4.69, 9.17) is 4.74 Å². The summed E-state index contributed by atoms with van der Waals surface area (Å²) in [7, 11) is 0. The molecule has 2 nitrogen and oxygen atoms in total. The fourth-order valence-electron chi connectivity index (χ4n) is 2.85. The summed E-state index contributed by atoms with van der Waals surface area (Å²) in [5.74, 6) is 1.06. The zero-order valence-corrected chi connectivity index (χ0v) is 11.6. The zero-order valence-electron chi connectivity index (χ0n) is 11.6. The molecular formula is C18H19NO. The molecule has 1 fully saturated rings. The third-order valence-corrected chi connectivity index (χ3v) is 4.18. The third-order valence-electron chi connectivity index (χ3n) is 4.18. The molecule has 0 spiro atoms. The number of rotatable bonds is 4. The van der Waals surface area contributed by atoms with Crippen molar-refractivity contribution in [3.05, 3.63) is 53.6 Å².